The highest BCUT2D eigenvalue weighted by atomic mass is 19.1. The van der Waals surface area contributed by atoms with Gasteiger partial charge >= 0.3 is 0 Å². The van der Waals surface area contributed by atoms with E-state index in [4.69, 9.17) is 9.47 Å². The number of hydrogen-bond donors (Lipinski definition) is 0. The Morgan fingerprint density at radius 2 is 2.38 bits per heavy atom. The molecule has 1 saturated heterocycles. The highest BCUT2D eigenvalue weighted by Crippen LogP contribution is 2.29. The number of ether oxygens (including phenoxy) is 2. The van der Waals surface area contributed by atoms with Gasteiger partial charge in [0.2, 0.25) is 0 Å². The van der Waals surface area contributed by atoms with Crippen molar-refractivity contribution in [2.45, 2.75) is 18.9 Å². The third kappa shape index (κ3) is 2.55. The first-order valence-corrected chi connectivity index (χ1v) is 5.17. The van der Waals surface area contributed by atoms with E-state index in [0.29, 0.717) is 6.61 Å². The summed E-state index contributed by atoms with van der Waals surface area (Å²) < 4.78 is 23.7. The maximum absolute atomic E-state index is 13.0. The van der Waals surface area contributed by atoms with Crippen molar-refractivity contribution in [1.29, 1.82) is 0 Å². The summed E-state index contributed by atoms with van der Waals surface area (Å²) in [4.78, 5) is 10.5. The Hall–Kier alpha value is -1.49. The van der Waals surface area contributed by atoms with E-state index in [2.05, 4.69) is 5.18 Å². The molecule has 1 aromatic rings. The van der Waals surface area contributed by atoms with Crippen molar-refractivity contribution in [1.82, 2.24) is 0 Å². The second kappa shape index (κ2) is 5.03. The number of hydrogen-bond acceptors (Lipinski definition) is 4. The van der Waals surface area contributed by atoms with Gasteiger partial charge in [0.05, 0.1) is 6.61 Å². The molecule has 4 nitrogen and oxygen atoms in total. The van der Waals surface area contributed by atoms with E-state index in [1.54, 1.807) is 0 Å². The molecule has 0 spiro atoms. The van der Waals surface area contributed by atoms with E-state index in [1.807, 2.05) is 0 Å². The minimum atomic E-state index is -0.445. The standard InChI is InChI=1S/C11H12FNO3/c12-8-3-4-10(13-14)11(6-8)16-9-2-1-5-15-7-9/h3-4,6,9H,1-2,5,7H2/t9-/m0/s1. The van der Waals surface area contributed by atoms with Crippen molar-refractivity contribution in [3.05, 3.63) is 28.9 Å². The smallest absolute Gasteiger partial charge is 0.151 e. The van der Waals surface area contributed by atoms with Crippen molar-refractivity contribution in [2.24, 2.45) is 5.18 Å². The van der Waals surface area contributed by atoms with Crippen molar-refractivity contribution < 1.29 is 13.9 Å². The topological polar surface area (TPSA) is 47.9 Å². The van der Waals surface area contributed by atoms with Gasteiger partial charge in [-0.3, -0.25) is 0 Å². The summed E-state index contributed by atoms with van der Waals surface area (Å²) in [5, 5.41) is 2.79. The van der Waals surface area contributed by atoms with Gasteiger partial charge in [0.1, 0.15) is 17.6 Å². The molecule has 2 rings (SSSR count). The molecule has 5 heteroatoms. The fourth-order valence-corrected chi connectivity index (χ4v) is 1.64. The van der Waals surface area contributed by atoms with Crippen LogP contribution in [0.25, 0.3) is 0 Å². The molecule has 0 radical (unpaired) electrons. The molecule has 0 unspecified atom stereocenters. The van der Waals surface area contributed by atoms with Crippen LogP contribution >= 0.6 is 0 Å². The molecule has 0 aliphatic carbocycles. The molecule has 0 amide bonds. The zero-order chi connectivity index (χ0) is 11.4. The maximum Gasteiger partial charge on any atom is 0.151 e. The van der Waals surface area contributed by atoms with Crippen LogP contribution in [0, 0.1) is 10.7 Å². The molecular formula is C11H12FNO3. The highest BCUT2D eigenvalue weighted by molar-refractivity contribution is 5.51. The Morgan fingerprint density at radius 3 is 3.06 bits per heavy atom. The lowest BCUT2D eigenvalue weighted by atomic mass is 10.2. The maximum atomic E-state index is 13.0. The quantitative estimate of drug-likeness (QED) is 0.743. The van der Waals surface area contributed by atoms with Gasteiger partial charge in [-0.05, 0) is 30.2 Å². The number of halogens is 1. The van der Waals surface area contributed by atoms with E-state index in [-0.39, 0.29) is 17.5 Å². The zero-order valence-corrected chi connectivity index (χ0v) is 8.69. The van der Waals surface area contributed by atoms with Gasteiger partial charge in [0.25, 0.3) is 0 Å². The fraction of sp³-hybridized carbons (Fsp3) is 0.455. The predicted octanol–water partition coefficient (Wildman–Crippen LogP) is 2.78. The average molecular weight is 225 g/mol. The van der Waals surface area contributed by atoms with Gasteiger partial charge in [-0.15, -0.1) is 4.91 Å². The van der Waals surface area contributed by atoms with Crippen molar-refractivity contribution in [3.63, 3.8) is 0 Å². The Kier molecular flexibility index (Phi) is 3.46. The zero-order valence-electron chi connectivity index (χ0n) is 8.69. The third-order valence-electron chi connectivity index (χ3n) is 2.43. The molecule has 0 aromatic heterocycles. The normalized spacial score (nSPS) is 20.4. The Balaban J connectivity index is 2.12. The largest absolute Gasteiger partial charge is 0.486 e. The van der Waals surface area contributed by atoms with Gasteiger partial charge in [-0.25, -0.2) is 4.39 Å². The molecule has 86 valence electrons. The number of rotatable bonds is 3. The molecule has 16 heavy (non-hydrogen) atoms. The van der Waals surface area contributed by atoms with Crippen molar-refractivity contribution in [3.8, 4) is 5.75 Å². The van der Waals surface area contributed by atoms with Gasteiger partial charge < -0.3 is 9.47 Å². The van der Waals surface area contributed by atoms with Crippen molar-refractivity contribution >= 4 is 5.69 Å². The summed E-state index contributed by atoms with van der Waals surface area (Å²) in [6.07, 6.45) is 1.62. The fourth-order valence-electron chi connectivity index (χ4n) is 1.64. The first-order chi connectivity index (χ1) is 7.79. The molecule has 1 heterocycles. The van der Waals surface area contributed by atoms with Crippen LogP contribution in [0.4, 0.5) is 10.1 Å². The van der Waals surface area contributed by atoms with Crippen LogP contribution < -0.4 is 4.74 Å². The Labute approximate surface area is 92.3 Å². The molecular weight excluding hydrogens is 213 g/mol. The summed E-state index contributed by atoms with van der Waals surface area (Å²) in [5.74, 6) is -0.260. The predicted molar refractivity (Wildman–Crippen MR) is 56.3 cm³/mol. The number of nitroso groups, excluding NO2 is 1. The van der Waals surface area contributed by atoms with Gasteiger partial charge in [-0.2, -0.15) is 0 Å². The molecule has 0 N–H and O–H groups in total. The molecule has 0 saturated carbocycles. The molecule has 1 fully saturated rings. The van der Waals surface area contributed by atoms with Crippen LogP contribution in [0.15, 0.2) is 23.4 Å². The van der Waals surface area contributed by atoms with Gasteiger partial charge in [-0.1, -0.05) is 0 Å². The van der Waals surface area contributed by atoms with Gasteiger partial charge in [0.15, 0.2) is 5.75 Å². The van der Waals surface area contributed by atoms with E-state index in [9.17, 15) is 9.30 Å². The third-order valence-corrected chi connectivity index (χ3v) is 2.43. The van der Waals surface area contributed by atoms with Crippen molar-refractivity contribution in [2.75, 3.05) is 13.2 Å². The van der Waals surface area contributed by atoms with E-state index in [0.717, 1.165) is 19.4 Å². The highest BCUT2D eigenvalue weighted by Gasteiger charge is 2.17. The number of nitrogens with zero attached hydrogens (tertiary/aromatic N) is 1. The second-order valence-electron chi connectivity index (χ2n) is 3.66. The van der Waals surface area contributed by atoms with Crippen LogP contribution in [-0.4, -0.2) is 19.3 Å². The first kappa shape index (κ1) is 11.0. The SMILES string of the molecule is O=Nc1ccc(F)cc1O[C@H]1CCCOC1. The first-order valence-electron chi connectivity index (χ1n) is 5.17. The number of benzene rings is 1. The van der Waals surface area contributed by atoms with E-state index >= 15 is 0 Å². The van der Waals surface area contributed by atoms with Crippen LogP contribution in [-0.2, 0) is 4.74 Å². The summed E-state index contributed by atoms with van der Waals surface area (Å²) >= 11 is 0. The van der Waals surface area contributed by atoms with Crippen LogP contribution in [0.1, 0.15) is 12.8 Å². The summed E-state index contributed by atoms with van der Waals surface area (Å²) in [7, 11) is 0. The monoisotopic (exact) mass is 225 g/mol. The summed E-state index contributed by atoms with van der Waals surface area (Å²) in [6.45, 7) is 1.19. The summed E-state index contributed by atoms with van der Waals surface area (Å²) in [5.41, 5.74) is 0.118. The van der Waals surface area contributed by atoms with Gasteiger partial charge in [0, 0.05) is 12.7 Å². The van der Waals surface area contributed by atoms with Crippen LogP contribution in [0.2, 0.25) is 0 Å². The molecule has 1 aromatic carbocycles. The molecule has 0 bridgehead atoms. The lowest BCUT2D eigenvalue weighted by Crippen LogP contribution is -2.28. The second-order valence-corrected chi connectivity index (χ2v) is 3.66. The Bertz CT molecular complexity index is 377. The molecule has 1 aliphatic heterocycles. The Morgan fingerprint density at radius 1 is 1.50 bits per heavy atom. The molecule has 1 atom stereocenters. The minimum absolute atomic E-state index is 0.118. The lowest BCUT2D eigenvalue weighted by molar-refractivity contribution is 0.00757. The average Bonchev–Trinajstić information content (AvgIpc) is 2.31. The van der Waals surface area contributed by atoms with E-state index < -0.39 is 5.82 Å². The van der Waals surface area contributed by atoms with E-state index in [1.165, 1.54) is 18.2 Å². The minimum Gasteiger partial charge on any atom is -0.486 e. The summed E-state index contributed by atoms with van der Waals surface area (Å²) in [6, 6.07) is 3.66. The van der Waals surface area contributed by atoms with Crippen LogP contribution in [0.3, 0.4) is 0 Å². The lowest BCUT2D eigenvalue weighted by Gasteiger charge is -2.23. The molecule has 1 aliphatic rings. The van der Waals surface area contributed by atoms with Crippen LogP contribution in [0.5, 0.6) is 5.75 Å².